The summed E-state index contributed by atoms with van der Waals surface area (Å²) in [7, 11) is 1.56. The highest BCUT2D eigenvalue weighted by Crippen LogP contribution is 2.15. The molecule has 2 atom stereocenters. The molecule has 0 aliphatic heterocycles. The standard InChI is InChI=1S/C11H19N3O3/c1-17-5-4-13-10(15)7-14-11(16)8-2-3-9(12)6-8/h2-3,8-9H,4-7,12H2,1H3,(H,13,15)(H,14,16). The fraction of sp³-hybridized carbons (Fsp3) is 0.636. The number of hydrogen-bond acceptors (Lipinski definition) is 4. The molecular weight excluding hydrogens is 222 g/mol. The average Bonchev–Trinajstić information content (AvgIpc) is 2.73. The van der Waals surface area contributed by atoms with Gasteiger partial charge in [-0.15, -0.1) is 0 Å². The van der Waals surface area contributed by atoms with E-state index < -0.39 is 0 Å². The molecule has 2 amide bonds. The predicted molar refractivity (Wildman–Crippen MR) is 63.1 cm³/mol. The van der Waals surface area contributed by atoms with Gasteiger partial charge in [0, 0.05) is 19.7 Å². The first-order valence-corrected chi connectivity index (χ1v) is 5.60. The van der Waals surface area contributed by atoms with Crippen LogP contribution in [0.2, 0.25) is 0 Å². The highest BCUT2D eigenvalue weighted by molar-refractivity contribution is 5.86. The third kappa shape index (κ3) is 4.97. The lowest BCUT2D eigenvalue weighted by Crippen LogP contribution is -2.40. The summed E-state index contributed by atoms with van der Waals surface area (Å²) in [5, 5.41) is 5.19. The van der Waals surface area contributed by atoms with Gasteiger partial charge >= 0.3 is 0 Å². The van der Waals surface area contributed by atoms with Gasteiger partial charge in [-0.1, -0.05) is 12.2 Å². The van der Waals surface area contributed by atoms with Crippen LogP contribution in [0.3, 0.4) is 0 Å². The molecule has 0 spiro atoms. The molecule has 6 heteroatoms. The maximum Gasteiger partial charge on any atom is 0.239 e. The zero-order chi connectivity index (χ0) is 12.7. The molecule has 17 heavy (non-hydrogen) atoms. The van der Waals surface area contributed by atoms with Crippen LogP contribution in [0.5, 0.6) is 0 Å². The van der Waals surface area contributed by atoms with Crippen molar-refractivity contribution in [3.8, 4) is 0 Å². The van der Waals surface area contributed by atoms with Gasteiger partial charge in [0.15, 0.2) is 0 Å². The van der Waals surface area contributed by atoms with E-state index in [4.69, 9.17) is 10.5 Å². The van der Waals surface area contributed by atoms with Gasteiger partial charge in [0.05, 0.1) is 19.1 Å². The monoisotopic (exact) mass is 241 g/mol. The molecule has 0 radical (unpaired) electrons. The van der Waals surface area contributed by atoms with Crippen LogP contribution in [-0.2, 0) is 14.3 Å². The summed E-state index contributed by atoms with van der Waals surface area (Å²) < 4.78 is 4.79. The van der Waals surface area contributed by atoms with Gasteiger partial charge in [0.2, 0.25) is 11.8 Å². The summed E-state index contributed by atoms with van der Waals surface area (Å²) >= 11 is 0. The number of carbonyl (C=O) groups excluding carboxylic acids is 2. The van der Waals surface area contributed by atoms with E-state index >= 15 is 0 Å². The van der Waals surface area contributed by atoms with Crippen LogP contribution in [0, 0.1) is 5.92 Å². The lowest BCUT2D eigenvalue weighted by atomic mass is 10.1. The van der Waals surface area contributed by atoms with Crippen LogP contribution in [0.25, 0.3) is 0 Å². The number of amides is 2. The topological polar surface area (TPSA) is 93.5 Å². The minimum Gasteiger partial charge on any atom is -0.383 e. The fourth-order valence-corrected chi connectivity index (χ4v) is 1.58. The number of methoxy groups -OCH3 is 1. The predicted octanol–water partition coefficient (Wildman–Crippen LogP) is -1.23. The Bertz CT molecular complexity index is 304. The summed E-state index contributed by atoms with van der Waals surface area (Å²) in [6, 6.07) is -0.0544. The Morgan fingerprint density at radius 3 is 2.76 bits per heavy atom. The van der Waals surface area contributed by atoms with Crippen LogP contribution >= 0.6 is 0 Å². The first-order chi connectivity index (χ1) is 8.13. The number of nitrogens with two attached hydrogens (primary N) is 1. The van der Waals surface area contributed by atoms with Crippen molar-refractivity contribution in [2.24, 2.45) is 11.7 Å². The van der Waals surface area contributed by atoms with Gasteiger partial charge in [-0.05, 0) is 6.42 Å². The van der Waals surface area contributed by atoms with Crippen molar-refractivity contribution in [2.75, 3.05) is 26.8 Å². The number of carbonyl (C=O) groups is 2. The van der Waals surface area contributed by atoms with E-state index in [-0.39, 0.29) is 30.3 Å². The Balaban J connectivity index is 2.15. The Morgan fingerprint density at radius 2 is 2.18 bits per heavy atom. The van der Waals surface area contributed by atoms with Gasteiger partial charge in [0.1, 0.15) is 0 Å². The number of rotatable bonds is 6. The maximum atomic E-state index is 11.6. The second-order valence-electron chi connectivity index (χ2n) is 3.95. The minimum atomic E-state index is -0.221. The minimum absolute atomic E-state index is 0.0118. The van der Waals surface area contributed by atoms with Crippen LogP contribution in [-0.4, -0.2) is 44.7 Å². The second-order valence-corrected chi connectivity index (χ2v) is 3.95. The zero-order valence-corrected chi connectivity index (χ0v) is 9.94. The smallest absolute Gasteiger partial charge is 0.239 e. The van der Waals surface area contributed by atoms with Crippen molar-refractivity contribution in [2.45, 2.75) is 12.5 Å². The van der Waals surface area contributed by atoms with E-state index in [1.54, 1.807) is 13.2 Å². The molecule has 0 aromatic heterocycles. The van der Waals surface area contributed by atoms with Gasteiger partial charge in [-0.2, -0.15) is 0 Å². The van der Waals surface area contributed by atoms with E-state index in [1.807, 2.05) is 6.08 Å². The van der Waals surface area contributed by atoms with Crippen molar-refractivity contribution in [1.29, 1.82) is 0 Å². The molecule has 0 fully saturated rings. The van der Waals surface area contributed by atoms with Crippen molar-refractivity contribution in [1.82, 2.24) is 10.6 Å². The van der Waals surface area contributed by atoms with Gasteiger partial charge in [0.25, 0.3) is 0 Å². The molecule has 0 aromatic rings. The molecule has 2 unspecified atom stereocenters. The Kier molecular flexibility index (Phi) is 5.65. The molecule has 6 nitrogen and oxygen atoms in total. The lowest BCUT2D eigenvalue weighted by Gasteiger charge is -2.10. The summed E-state index contributed by atoms with van der Waals surface area (Å²) in [5.41, 5.74) is 5.64. The van der Waals surface area contributed by atoms with Crippen molar-refractivity contribution < 1.29 is 14.3 Å². The first-order valence-electron chi connectivity index (χ1n) is 5.60. The first kappa shape index (κ1) is 13.7. The largest absolute Gasteiger partial charge is 0.383 e. The van der Waals surface area contributed by atoms with Gasteiger partial charge in [-0.3, -0.25) is 9.59 Å². The zero-order valence-electron chi connectivity index (χ0n) is 9.94. The maximum absolute atomic E-state index is 11.6. The lowest BCUT2D eigenvalue weighted by molar-refractivity contribution is -0.127. The fourth-order valence-electron chi connectivity index (χ4n) is 1.58. The third-order valence-electron chi connectivity index (χ3n) is 2.51. The molecule has 0 aromatic carbocycles. The third-order valence-corrected chi connectivity index (χ3v) is 2.51. The molecule has 0 heterocycles. The quantitative estimate of drug-likeness (QED) is 0.401. The Morgan fingerprint density at radius 1 is 1.41 bits per heavy atom. The Labute approximate surface area is 101 Å². The summed E-state index contributed by atoms with van der Waals surface area (Å²) in [4.78, 5) is 22.9. The molecule has 96 valence electrons. The van der Waals surface area contributed by atoms with Gasteiger partial charge < -0.3 is 21.1 Å². The van der Waals surface area contributed by atoms with Crippen molar-refractivity contribution in [3.63, 3.8) is 0 Å². The molecule has 1 rings (SSSR count). The SMILES string of the molecule is COCCNC(=O)CNC(=O)C1C=CC(N)C1. The highest BCUT2D eigenvalue weighted by Gasteiger charge is 2.22. The summed E-state index contributed by atoms with van der Waals surface area (Å²) in [5.74, 6) is -0.588. The number of ether oxygens (including phenoxy) is 1. The average molecular weight is 241 g/mol. The highest BCUT2D eigenvalue weighted by atomic mass is 16.5. The molecule has 4 N–H and O–H groups in total. The molecule has 1 aliphatic rings. The van der Waals surface area contributed by atoms with E-state index in [0.717, 1.165) is 0 Å². The van der Waals surface area contributed by atoms with Crippen LogP contribution in [0.4, 0.5) is 0 Å². The van der Waals surface area contributed by atoms with E-state index in [2.05, 4.69) is 10.6 Å². The number of hydrogen-bond donors (Lipinski definition) is 3. The van der Waals surface area contributed by atoms with E-state index in [9.17, 15) is 9.59 Å². The van der Waals surface area contributed by atoms with Crippen molar-refractivity contribution in [3.05, 3.63) is 12.2 Å². The molecule has 0 bridgehead atoms. The molecule has 0 saturated heterocycles. The normalized spacial score (nSPS) is 22.5. The summed E-state index contributed by atoms with van der Waals surface area (Å²) in [6.07, 6.45) is 4.20. The molecule has 0 saturated carbocycles. The molecule has 1 aliphatic carbocycles. The summed E-state index contributed by atoms with van der Waals surface area (Å²) in [6.45, 7) is 0.890. The Hall–Kier alpha value is -1.40. The van der Waals surface area contributed by atoms with E-state index in [0.29, 0.717) is 19.6 Å². The second kappa shape index (κ2) is 7.03. The van der Waals surface area contributed by atoms with Crippen LogP contribution < -0.4 is 16.4 Å². The van der Waals surface area contributed by atoms with E-state index in [1.165, 1.54) is 0 Å². The van der Waals surface area contributed by atoms with Crippen LogP contribution in [0.1, 0.15) is 6.42 Å². The van der Waals surface area contributed by atoms with Crippen LogP contribution in [0.15, 0.2) is 12.2 Å². The van der Waals surface area contributed by atoms with Gasteiger partial charge in [-0.25, -0.2) is 0 Å². The molecular formula is C11H19N3O3. The van der Waals surface area contributed by atoms with Crippen molar-refractivity contribution >= 4 is 11.8 Å². The number of nitrogens with one attached hydrogen (secondary N) is 2.